The second-order valence-corrected chi connectivity index (χ2v) is 7.13. The maximum Gasteiger partial charge on any atom is 0.416 e. The predicted octanol–water partition coefficient (Wildman–Crippen LogP) is 4.75. The molecule has 0 radical (unpaired) electrons. The molecule has 2 amide bonds. The van der Waals surface area contributed by atoms with Crippen molar-refractivity contribution in [1.29, 1.82) is 0 Å². The molecule has 1 aliphatic rings. The number of benzene rings is 2. The van der Waals surface area contributed by atoms with Gasteiger partial charge in [-0.1, -0.05) is 40.2 Å². The molecule has 27 heavy (non-hydrogen) atoms. The van der Waals surface area contributed by atoms with Crippen LogP contribution in [0.25, 0.3) is 0 Å². The summed E-state index contributed by atoms with van der Waals surface area (Å²) < 4.78 is 45.0. The summed E-state index contributed by atoms with van der Waals surface area (Å²) in [6.45, 7) is 1.24. The van der Waals surface area contributed by atoms with Crippen molar-refractivity contribution in [3.8, 4) is 0 Å². The predicted molar refractivity (Wildman–Crippen MR) is 98.1 cm³/mol. The van der Waals surface area contributed by atoms with Crippen molar-refractivity contribution in [2.24, 2.45) is 0 Å². The largest absolute Gasteiger partial charge is 0.416 e. The molecule has 144 valence electrons. The zero-order chi connectivity index (χ0) is 19.4. The van der Waals surface area contributed by atoms with Gasteiger partial charge in [-0.25, -0.2) is 4.79 Å². The summed E-state index contributed by atoms with van der Waals surface area (Å²) in [5, 5.41) is 2.69. The van der Waals surface area contributed by atoms with E-state index in [2.05, 4.69) is 21.2 Å². The summed E-state index contributed by atoms with van der Waals surface area (Å²) in [6, 6.07) is 12.3. The van der Waals surface area contributed by atoms with Gasteiger partial charge in [0.15, 0.2) is 0 Å². The Morgan fingerprint density at radius 1 is 1.22 bits per heavy atom. The second-order valence-electron chi connectivity index (χ2n) is 6.22. The smallest absolute Gasteiger partial charge is 0.370 e. The number of halogens is 4. The third-order valence-corrected chi connectivity index (χ3v) is 4.77. The van der Waals surface area contributed by atoms with Crippen LogP contribution in [0.2, 0.25) is 0 Å². The Hall–Kier alpha value is -2.06. The lowest BCUT2D eigenvalue weighted by Crippen LogP contribution is -2.46. The van der Waals surface area contributed by atoms with Gasteiger partial charge in [0.2, 0.25) is 0 Å². The van der Waals surface area contributed by atoms with E-state index in [9.17, 15) is 18.0 Å². The number of rotatable bonds is 3. The van der Waals surface area contributed by atoms with E-state index in [1.165, 1.54) is 6.07 Å². The van der Waals surface area contributed by atoms with Crippen LogP contribution in [0.3, 0.4) is 0 Å². The van der Waals surface area contributed by atoms with E-state index in [1.54, 1.807) is 11.0 Å². The first kappa shape index (κ1) is 19.7. The molecule has 1 unspecified atom stereocenters. The average Bonchev–Trinajstić information content (AvgIpc) is 2.66. The van der Waals surface area contributed by atoms with E-state index in [0.29, 0.717) is 25.3 Å². The van der Waals surface area contributed by atoms with Crippen LogP contribution in [0.15, 0.2) is 53.0 Å². The lowest BCUT2D eigenvalue weighted by atomic mass is 10.1. The molecule has 2 aromatic carbocycles. The fourth-order valence-corrected chi connectivity index (χ4v) is 3.31. The molecule has 2 aromatic rings. The van der Waals surface area contributed by atoms with Crippen LogP contribution in [0.4, 0.5) is 18.0 Å². The number of carbonyl (C=O) groups excluding carboxylic acids is 1. The van der Waals surface area contributed by atoms with Crippen molar-refractivity contribution in [3.05, 3.63) is 69.7 Å². The van der Waals surface area contributed by atoms with Crippen molar-refractivity contribution in [2.45, 2.75) is 18.8 Å². The highest BCUT2D eigenvalue weighted by Crippen LogP contribution is 2.29. The fourth-order valence-electron chi connectivity index (χ4n) is 2.89. The van der Waals surface area contributed by atoms with Gasteiger partial charge < -0.3 is 15.0 Å². The Morgan fingerprint density at radius 2 is 2.00 bits per heavy atom. The molecule has 1 saturated heterocycles. The molecule has 1 heterocycles. The molecule has 0 aromatic heterocycles. The van der Waals surface area contributed by atoms with Gasteiger partial charge in [0, 0.05) is 17.6 Å². The molecule has 1 aliphatic heterocycles. The van der Waals surface area contributed by atoms with Crippen LogP contribution in [0.5, 0.6) is 0 Å². The number of morpholine rings is 1. The molecular formula is C19H18BrF3N2O2. The van der Waals surface area contributed by atoms with Gasteiger partial charge in [-0.2, -0.15) is 13.2 Å². The third kappa shape index (κ3) is 5.23. The first-order valence-electron chi connectivity index (χ1n) is 8.39. The van der Waals surface area contributed by atoms with E-state index in [4.69, 9.17) is 4.74 Å². The summed E-state index contributed by atoms with van der Waals surface area (Å²) in [5.74, 6) is 0. The van der Waals surface area contributed by atoms with E-state index >= 15 is 0 Å². The van der Waals surface area contributed by atoms with Crippen molar-refractivity contribution >= 4 is 22.0 Å². The number of amides is 2. The number of nitrogens with zero attached hydrogens (tertiary/aromatic N) is 1. The molecule has 1 fully saturated rings. The summed E-state index contributed by atoms with van der Waals surface area (Å²) in [6.07, 6.45) is -4.64. The molecule has 8 heteroatoms. The van der Waals surface area contributed by atoms with Gasteiger partial charge in [0.1, 0.15) is 6.10 Å². The Labute approximate surface area is 163 Å². The number of hydrogen-bond acceptors (Lipinski definition) is 2. The normalized spacial score (nSPS) is 17.6. The van der Waals surface area contributed by atoms with Crippen LogP contribution >= 0.6 is 15.9 Å². The minimum atomic E-state index is -4.40. The number of urea groups is 1. The molecule has 1 atom stereocenters. The number of ether oxygens (including phenoxy) is 1. The average molecular weight is 443 g/mol. The maximum atomic E-state index is 12.8. The highest BCUT2D eigenvalue weighted by molar-refractivity contribution is 9.10. The molecular weight excluding hydrogens is 425 g/mol. The highest BCUT2D eigenvalue weighted by atomic mass is 79.9. The fraction of sp³-hybridized carbons (Fsp3) is 0.316. The third-order valence-electron chi connectivity index (χ3n) is 4.27. The van der Waals surface area contributed by atoms with Gasteiger partial charge in [-0.3, -0.25) is 0 Å². The number of alkyl halides is 3. The first-order chi connectivity index (χ1) is 12.8. The molecule has 1 N–H and O–H groups in total. The molecule has 3 rings (SSSR count). The van der Waals surface area contributed by atoms with Crippen molar-refractivity contribution in [1.82, 2.24) is 10.2 Å². The van der Waals surface area contributed by atoms with Crippen LogP contribution in [0, 0.1) is 0 Å². The Kier molecular flexibility index (Phi) is 6.06. The van der Waals surface area contributed by atoms with Crippen molar-refractivity contribution < 1.29 is 22.7 Å². The van der Waals surface area contributed by atoms with E-state index in [1.807, 2.05) is 24.3 Å². The van der Waals surface area contributed by atoms with Gasteiger partial charge in [0.25, 0.3) is 0 Å². The minimum absolute atomic E-state index is 0.0294. The van der Waals surface area contributed by atoms with Gasteiger partial charge in [-0.05, 0) is 35.4 Å². The maximum absolute atomic E-state index is 12.8. The van der Waals surface area contributed by atoms with Crippen LogP contribution in [-0.2, 0) is 17.5 Å². The summed E-state index contributed by atoms with van der Waals surface area (Å²) in [4.78, 5) is 14.0. The Bertz CT molecular complexity index is 814. The van der Waals surface area contributed by atoms with Crippen LogP contribution < -0.4 is 5.32 Å². The molecule has 0 saturated carbocycles. The molecule has 4 nitrogen and oxygen atoms in total. The molecule has 0 spiro atoms. The zero-order valence-electron chi connectivity index (χ0n) is 14.3. The van der Waals surface area contributed by atoms with E-state index in [-0.39, 0.29) is 18.7 Å². The Morgan fingerprint density at radius 3 is 2.74 bits per heavy atom. The lowest BCUT2D eigenvalue weighted by molar-refractivity contribution is -0.137. The van der Waals surface area contributed by atoms with Gasteiger partial charge in [0.05, 0.1) is 18.7 Å². The van der Waals surface area contributed by atoms with Crippen LogP contribution in [-0.4, -0.2) is 30.6 Å². The minimum Gasteiger partial charge on any atom is -0.370 e. The van der Waals surface area contributed by atoms with E-state index < -0.39 is 11.7 Å². The summed E-state index contributed by atoms with van der Waals surface area (Å²) >= 11 is 3.41. The summed E-state index contributed by atoms with van der Waals surface area (Å²) in [7, 11) is 0. The SMILES string of the molecule is O=C(NCc1cccc(C(F)(F)F)c1)N1CCOC(c2cccc(Br)c2)C1. The number of nitrogens with one attached hydrogen (secondary N) is 1. The topological polar surface area (TPSA) is 41.6 Å². The molecule has 0 bridgehead atoms. The second kappa shape index (κ2) is 8.31. The quantitative estimate of drug-likeness (QED) is 0.744. The van der Waals surface area contributed by atoms with Gasteiger partial charge >= 0.3 is 12.2 Å². The highest BCUT2D eigenvalue weighted by Gasteiger charge is 2.30. The van der Waals surface area contributed by atoms with Gasteiger partial charge in [-0.15, -0.1) is 0 Å². The number of hydrogen-bond donors (Lipinski definition) is 1. The van der Waals surface area contributed by atoms with Crippen molar-refractivity contribution in [3.63, 3.8) is 0 Å². The number of carbonyl (C=O) groups is 1. The van der Waals surface area contributed by atoms with E-state index in [0.717, 1.165) is 22.2 Å². The monoisotopic (exact) mass is 442 g/mol. The first-order valence-corrected chi connectivity index (χ1v) is 9.18. The Balaban J connectivity index is 1.59. The lowest BCUT2D eigenvalue weighted by Gasteiger charge is -2.33. The van der Waals surface area contributed by atoms with Crippen molar-refractivity contribution in [2.75, 3.05) is 19.7 Å². The summed E-state index contributed by atoms with van der Waals surface area (Å²) in [5.41, 5.74) is 0.630. The standard InChI is InChI=1S/C19H18BrF3N2O2/c20-16-6-2-4-14(10-16)17-12-25(7-8-27-17)18(26)24-11-13-3-1-5-15(9-13)19(21,22)23/h1-6,9-10,17H,7-8,11-12H2,(H,24,26). The molecule has 0 aliphatic carbocycles. The zero-order valence-corrected chi connectivity index (χ0v) is 15.9. The van der Waals surface area contributed by atoms with Crippen LogP contribution in [0.1, 0.15) is 22.8 Å².